The van der Waals surface area contributed by atoms with Crippen molar-refractivity contribution in [3.63, 3.8) is 0 Å². The van der Waals surface area contributed by atoms with E-state index in [0.717, 1.165) is 0 Å². The van der Waals surface area contributed by atoms with Gasteiger partial charge in [-0.15, -0.1) is 0 Å². The fourth-order valence-electron chi connectivity index (χ4n) is 1.03. The molecular formula is C9H11N3O3. The van der Waals surface area contributed by atoms with Gasteiger partial charge in [-0.3, -0.25) is 14.9 Å². The first-order chi connectivity index (χ1) is 7.00. The van der Waals surface area contributed by atoms with E-state index in [4.69, 9.17) is 5.73 Å². The van der Waals surface area contributed by atoms with Crippen molar-refractivity contribution in [3.8, 4) is 0 Å². The van der Waals surface area contributed by atoms with Crippen LogP contribution in [0.3, 0.4) is 0 Å². The largest absolute Gasteiger partial charge is 0.374 e. The molecule has 6 heteroatoms. The van der Waals surface area contributed by atoms with Crippen LogP contribution >= 0.6 is 0 Å². The number of benzene rings is 1. The number of nitrogens with one attached hydrogen (secondary N) is 1. The lowest BCUT2D eigenvalue weighted by molar-refractivity contribution is -0.384. The summed E-state index contributed by atoms with van der Waals surface area (Å²) < 4.78 is 0. The van der Waals surface area contributed by atoms with E-state index in [-0.39, 0.29) is 5.69 Å². The molecule has 0 saturated carbocycles. The van der Waals surface area contributed by atoms with Gasteiger partial charge in [0.1, 0.15) is 6.04 Å². The molecule has 0 aromatic heterocycles. The molecule has 80 valence electrons. The molecule has 0 aliphatic carbocycles. The SMILES string of the molecule is CC(Nc1cccc([N+](=O)[O-])c1)C(N)=O. The Morgan fingerprint density at radius 1 is 1.60 bits per heavy atom. The minimum atomic E-state index is -0.563. The Morgan fingerprint density at radius 2 is 2.27 bits per heavy atom. The molecule has 0 aliphatic rings. The van der Waals surface area contributed by atoms with E-state index in [1.807, 2.05) is 0 Å². The second-order valence-corrected chi connectivity index (χ2v) is 3.08. The lowest BCUT2D eigenvalue weighted by atomic mass is 10.2. The van der Waals surface area contributed by atoms with E-state index < -0.39 is 16.9 Å². The summed E-state index contributed by atoms with van der Waals surface area (Å²) in [5.41, 5.74) is 5.51. The summed E-state index contributed by atoms with van der Waals surface area (Å²) in [6.07, 6.45) is 0. The first-order valence-electron chi connectivity index (χ1n) is 4.31. The van der Waals surface area contributed by atoms with Crippen molar-refractivity contribution >= 4 is 17.3 Å². The van der Waals surface area contributed by atoms with E-state index in [1.54, 1.807) is 13.0 Å². The van der Waals surface area contributed by atoms with Gasteiger partial charge in [0, 0.05) is 17.8 Å². The first-order valence-corrected chi connectivity index (χ1v) is 4.31. The van der Waals surface area contributed by atoms with Crippen LogP contribution in [-0.2, 0) is 4.79 Å². The van der Waals surface area contributed by atoms with Gasteiger partial charge in [0.2, 0.25) is 5.91 Å². The second-order valence-electron chi connectivity index (χ2n) is 3.08. The summed E-state index contributed by atoms with van der Waals surface area (Å²) in [6, 6.07) is 5.33. The Kier molecular flexibility index (Phi) is 3.22. The average Bonchev–Trinajstić information content (AvgIpc) is 2.18. The number of hydrogen-bond acceptors (Lipinski definition) is 4. The van der Waals surface area contributed by atoms with Gasteiger partial charge in [-0.25, -0.2) is 0 Å². The maximum atomic E-state index is 10.7. The van der Waals surface area contributed by atoms with Crippen molar-refractivity contribution in [3.05, 3.63) is 34.4 Å². The Morgan fingerprint density at radius 3 is 2.80 bits per heavy atom. The number of nitro groups is 1. The first kappa shape index (κ1) is 11.0. The Balaban J connectivity index is 2.82. The van der Waals surface area contributed by atoms with Crippen LogP contribution in [0.2, 0.25) is 0 Å². The van der Waals surface area contributed by atoms with Gasteiger partial charge in [-0.05, 0) is 13.0 Å². The molecule has 1 atom stereocenters. The van der Waals surface area contributed by atoms with Gasteiger partial charge >= 0.3 is 0 Å². The molecule has 0 fully saturated rings. The van der Waals surface area contributed by atoms with E-state index in [0.29, 0.717) is 5.69 Å². The van der Waals surface area contributed by atoms with E-state index in [1.165, 1.54) is 18.2 Å². The highest BCUT2D eigenvalue weighted by molar-refractivity contribution is 5.82. The minimum Gasteiger partial charge on any atom is -0.374 e. The molecule has 0 radical (unpaired) electrons. The molecule has 1 aromatic rings. The summed E-state index contributed by atoms with van der Waals surface area (Å²) in [5.74, 6) is -0.512. The third-order valence-electron chi connectivity index (χ3n) is 1.87. The summed E-state index contributed by atoms with van der Waals surface area (Å²) in [5, 5.41) is 13.2. The minimum absolute atomic E-state index is 0.0309. The molecule has 0 heterocycles. The summed E-state index contributed by atoms with van der Waals surface area (Å²) in [7, 11) is 0. The van der Waals surface area contributed by atoms with Crippen LogP contribution in [0.4, 0.5) is 11.4 Å². The number of nitro benzene ring substituents is 1. The summed E-state index contributed by atoms with van der Waals surface area (Å²) >= 11 is 0. The molecular weight excluding hydrogens is 198 g/mol. The molecule has 0 bridgehead atoms. The molecule has 1 rings (SSSR count). The number of non-ortho nitro benzene ring substituents is 1. The normalized spacial score (nSPS) is 11.8. The van der Waals surface area contributed by atoms with Gasteiger partial charge in [0.15, 0.2) is 0 Å². The van der Waals surface area contributed by atoms with Gasteiger partial charge in [0.25, 0.3) is 5.69 Å². The molecule has 3 N–H and O–H groups in total. The number of primary amides is 1. The molecule has 0 aliphatic heterocycles. The highest BCUT2D eigenvalue weighted by Gasteiger charge is 2.10. The van der Waals surface area contributed by atoms with Crippen molar-refractivity contribution in [2.24, 2.45) is 5.73 Å². The molecule has 1 amide bonds. The number of carbonyl (C=O) groups excluding carboxylic acids is 1. The predicted octanol–water partition coefficient (Wildman–Crippen LogP) is 0.880. The van der Waals surface area contributed by atoms with Crippen LogP contribution in [0, 0.1) is 10.1 Å². The Hall–Kier alpha value is -2.11. The maximum absolute atomic E-state index is 10.7. The van der Waals surface area contributed by atoms with E-state index in [2.05, 4.69) is 5.32 Å². The van der Waals surface area contributed by atoms with Crippen LogP contribution < -0.4 is 11.1 Å². The standard InChI is InChI=1S/C9H11N3O3/c1-6(9(10)13)11-7-3-2-4-8(5-7)12(14)15/h2-6,11H,1H3,(H2,10,13). The third-order valence-corrected chi connectivity index (χ3v) is 1.87. The fourth-order valence-corrected chi connectivity index (χ4v) is 1.03. The number of amides is 1. The lowest BCUT2D eigenvalue weighted by Crippen LogP contribution is -2.32. The quantitative estimate of drug-likeness (QED) is 0.568. The van der Waals surface area contributed by atoms with Crippen molar-refractivity contribution in [2.75, 3.05) is 5.32 Å². The van der Waals surface area contributed by atoms with Crippen molar-refractivity contribution in [1.29, 1.82) is 0 Å². The number of nitrogens with zero attached hydrogens (tertiary/aromatic N) is 1. The topological polar surface area (TPSA) is 98.3 Å². The monoisotopic (exact) mass is 209 g/mol. The van der Waals surface area contributed by atoms with Gasteiger partial charge in [0.05, 0.1) is 4.92 Å². The molecule has 6 nitrogen and oxygen atoms in total. The van der Waals surface area contributed by atoms with Gasteiger partial charge in [-0.2, -0.15) is 0 Å². The lowest BCUT2D eigenvalue weighted by Gasteiger charge is -2.10. The van der Waals surface area contributed by atoms with E-state index >= 15 is 0 Å². The number of hydrogen-bond donors (Lipinski definition) is 2. The highest BCUT2D eigenvalue weighted by Crippen LogP contribution is 2.17. The van der Waals surface area contributed by atoms with Crippen LogP contribution in [0.1, 0.15) is 6.92 Å². The zero-order valence-electron chi connectivity index (χ0n) is 8.14. The van der Waals surface area contributed by atoms with Gasteiger partial charge < -0.3 is 11.1 Å². The molecule has 1 unspecified atom stereocenters. The third kappa shape index (κ3) is 2.94. The number of anilines is 1. The number of nitrogens with two attached hydrogens (primary N) is 1. The van der Waals surface area contributed by atoms with Crippen LogP contribution in [0.15, 0.2) is 24.3 Å². The Bertz CT molecular complexity index is 392. The van der Waals surface area contributed by atoms with Crippen LogP contribution in [0.25, 0.3) is 0 Å². The number of carbonyl (C=O) groups is 1. The Labute approximate surface area is 86.2 Å². The zero-order chi connectivity index (χ0) is 11.4. The smallest absolute Gasteiger partial charge is 0.271 e. The molecule has 15 heavy (non-hydrogen) atoms. The van der Waals surface area contributed by atoms with Crippen molar-refractivity contribution in [2.45, 2.75) is 13.0 Å². The van der Waals surface area contributed by atoms with Crippen molar-refractivity contribution in [1.82, 2.24) is 0 Å². The molecule has 1 aromatic carbocycles. The number of rotatable bonds is 4. The summed E-state index contributed by atoms with van der Waals surface area (Å²) in [4.78, 5) is 20.7. The van der Waals surface area contributed by atoms with Crippen LogP contribution in [0.5, 0.6) is 0 Å². The zero-order valence-corrected chi connectivity index (χ0v) is 8.14. The van der Waals surface area contributed by atoms with Crippen molar-refractivity contribution < 1.29 is 9.72 Å². The van der Waals surface area contributed by atoms with Crippen LogP contribution in [-0.4, -0.2) is 16.9 Å². The maximum Gasteiger partial charge on any atom is 0.271 e. The average molecular weight is 209 g/mol. The van der Waals surface area contributed by atoms with Gasteiger partial charge in [-0.1, -0.05) is 6.07 Å². The highest BCUT2D eigenvalue weighted by atomic mass is 16.6. The predicted molar refractivity (Wildman–Crippen MR) is 55.4 cm³/mol. The van der Waals surface area contributed by atoms with E-state index in [9.17, 15) is 14.9 Å². The molecule has 0 spiro atoms. The summed E-state index contributed by atoms with van der Waals surface area (Å²) in [6.45, 7) is 1.58. The fraction of sp³-hybridized carbons (Fsp3) is 0.222. The second kappa shape index (κ2) is 4.41. The molecule has 0 saturated heterocycles.